The van der Waals surface area contributed by atoms with Crippen molar-refractivity contribution < 1.29 is 28.7 Å². The van der Waals surface area contributed by atoms with Gasteiger partial charge in [-0.25, -0.2) is 4.90 Å². The van der Waals surface area contributed by atoms with Gasteiger partial charge < -0.3 is 20.1 Å². The molecule has 4 aromatic carbocycles. The van der Waals surface area contributed by atoms with Crippen molar-refractivity contribution in [2.45, 2.75) is 30.4 Å². The number of thioether (sulfide) groups is 1. The second-order valence-electron chi connectivity index (χ2n) is 10.6. The Labute approximate surface area is 271 Å². The number of hydrogen-bond acceptors (Lipinski definition) is 7. The summed E-state index contributed by atoms with van der Waals surface area (Å²) in [6, 6.07) is 26.4. The van der Waals surface area contributed by atoms with E-state index in [9.17, 15) is 19.2 Å². The van der Waals surface area contributed by atoms with Crippen LogP contribution in [0.4, 0.5) is 11.4 Å². The maximum Gasteiger partial charge on any atom is 0.272 e. The number of aryl methyl sites for hydroxylation is 2. The Morgan fingerprint density at radius 3 is 2.17 bits per heavy atom. The summed E-state index contributed by atoms with van der Waals surface area (Å²) >= 11 is 1.30. The molecule has 4 amide bonds. The normalized spacial score (nSPS) is 14.7. The van der Waals surface area contributed by atoms with Crippen LogP contribution < -0.4 is 25.0 Å². The molecule has 1 aliphatic heterocycles. The molecule has 1 saturated heterocycles. The molecular weight excluding hydrogens is 602 g/mol. The first-order chi connectivity index (χ1) is 22.2. The van der Waals surface area contributed by atoms with Crippen molar-refractivity contribution in [2.75, 3.05) is 24.4 Å². The summed E-state index contributed by atoms with van der Waals surface area (Å²) in [5, 5.41) is 4.99. The van der Waals surface area contributed by atoms with Crippen LogP contribution >= 0.6 is 11.8 Å². The van der Waals surface area contributed by atoms with Gasteiger partial charge in [0, 0.05) is 28.1 Å². The van der Waals surface area contributed by atoms with E-state index in [4.69, 9.17) is 9.47 Å². The van der Waals surface area contributed by atoms with E-state index in [1.165, 1.54) is 37.0 Å². The van der Waals surface area contributed by atoms with Gasteiger partial charge in [-0.2, -0.15) is 0 Å². The molecule has 4 aromatic rings. The highest BCUT2D eigenvalue weighted by Gasteiger charge is 2.41. The fourth-order valence-corrected chi connectivity index (χ4v) is 6.25. The standard InChI is InChI=1S/C36H33N3O6S/c1-22-10-8-11-23(2)32(22)39-31(40)21-30(36(39)43)46-27-18-16-26(17-19-27)37-35(42)28(38-34(41)24-12-6-5-7-13-24)20-25-14-9-15-29(44-3)33(25)45-4/h5-20,30H,21H2,1-4H3,(H,37,42)(H,38,41)/b28-20-. The number of methoxy groups -OCH3 is 2. The van der Waals surface area contributed by atoms with Crippen LogP contribution in [0.2, 0.25) is 0 Å². The number of benzene rings is 4. The molecule has 0 spiro atoms. The number of para-hydroxylation sites is 2. The Balaban J connectivity index is 1.33. The maximum absolute atomic E-state index is 13.5. The third-order valence-corrected chi connectivity index (χ3v) is 8.62. The van der Waals surface area contributed by atoms with Gasteiger partial charge in [-0.1, -0.05) is 48.5 Å². The number of ether oxygens (including phenoxy) is 2. The molecule has 46 heavy (non-hydrogen) atoms. The number of anilines is 2. The zero-order valence-corrected chi connectivity index (χ0v) is 26.6. The average molecular weight is 636 g/mol. The Hall–Kier alpha value is -5.35. The summed E-state index contributed by atoms with van der Waals surface area (Å²) in [5.74, 6) is -0.619. The van der Waals surface area contributed by atoms with Gasteiger partial charge in [0.2, 0.25) is 11.8 Å². The largest absolute Gasteiger partial charge is 0.493 e. The molecule has 1 unspecified atom stereocenters. The summed E-state index contributed by atoms with van der Waals surface area (Å²) in [5.41, 5.74) is 3.75. The third-order valence-electron chi connectivity index (χ3n) is 7.42. The van der Waals surface area contributed by atoms with E-state index in [0.29, 0.717) is 34.0 Å². The minimum atomic E-state index is -0.562. The highest BCUT2D eigenvalue weighted by atomic mass is 32.2. The summed E-state index contributed by atoms with van der Waals surface area (Å²) in [4.78, 5) is 54.9. The molecule has 0 aromatic heterocycles. The number of imide groups is 1. The first kappa shape index (κ1) is 32.1. The lowest BCUT2D eigenvalue weighted by Crippen LogP contribution is -2.32. The summed E-state index contributed by atoms with van der Waals surface area (Å²) in [7, 11) is 3.01. The maximum atomic E-state index is 13.5. The van der Waals surface area contributed by atoms with Crippen molar-refractivity contribution in [2.24, 2.45) is 0 Å². The van der Waals surface area contributed by atoms with Crippen LogP contribution in [0, 0.1) is 13.8 Å². The highest BCUT2D eigenvalue weighted by molar-refractivity contribution is 8.00. The van der Waals surface area contributed by atoms with Gasteiger partial charge >= 0.3 is 0 Å². The first-order valence-electron chi connectivity index (χ1n) is 14.5. The van der Waals surface area contributed by atoms with E-state index in [-0.39, 0.29) is 23.9 Å². The van der Waals surface area contributed by atoms with Gasteiger partial charge in [-0.05, 0) is 73.5 Å². The van der Waals surface area contributed by atoms with Crippen LogP contribution in [0.25, 0.3) is 6.08 Å². The van der Waals surface area contributed by atoms with Crippen LogP contribution in [-0.2, 0) is 14.4 Å². The van der Waals surface area contributed by atoms with Crippen LogP contribution in [0.3, 0.4) is 0 Å². The molecule has 0 bridgehead atoms. The quantitative estimate of drug-likeness (QED) is 0.159. The molecule has 5 rings (SSSR count). The van der Waals surface area contributed by atoms with Gasteiger partial charge in [0.25, 0.3) is 11.8 Å². The number of amides is 4. The predicted molar refractivity (Wildman–Crippen MR) is 179 cm³/mol. The van der Waals surface area contributed by atoms with E-state index in [0.717, 1.165) is 16.0 Å². The van der Waals surface area contributed by atoms with Gasteiger partial charge in [-0.3, -0.25) is 19.2 Å². The van der Waals surface area contributed by atoms with E-state index in [2.05, 4.69) is 10.6 Å². The van der Waals surface area contributed by atoms with Gasteiger partial charge in [0.1, 0.15) is 5.70 Å². The fourth-order valence-electron chi connectivity index (χ4n) is 5.19. The molecule has 0 radical (unpaired) electrons. The van der Waals surface area contributed by atoms with Crippen molar-refractivity contribution in [1.29, 1.82) is 0 Å². The van der Waals surface area contributed by atoms with E-state index in [1.807, 2.05) is 32.0 Å². The highest BCUT2D eigenvalue weighted by Crippen LogP contribution is 2.37. The fraction of sp³-hybridized carbons (Fsp3) is 0.167. The van der Waals surface area contributed by atoms with Crippen LogP contribution in [-0.4, -0.2) is 43.1 Å². The Bertz CT molecular complexity index is 1800. The predicted octanol–water partition coefficient (Wildman–Crippen LogP) is 6.15. The number of nitrogens with one attached hydrogen (secondary N) is 2. The number of hydrogen-bond donors (Lipinski definition) is 2. The number of carbonyl (C=O) groups is 4. The van der Waals surface area contributed by atoms with E-state index in [1.54, 1.807) is 72.8 Å². The Morgan fingerprint density at radius 1 is 0.848 bits per heavy atom. The van der Waals surface area contributed by atoms with Crippen molar-refractivity contribution in [3.05, 3.63) is 119 Å². The number of nitrogens with zero attached hydrogens (tertiary/aromatic N) is 1. The molecule has 1 aliphatic rings. The topological polar surface area (TPSA) is 114 Å². The van der Waals surface area contributed by atoms with Gasteiger partial charge in [-0.15, -0.1) is 11.8 Å². The minimum absolute atomic E-state index is 0.0134. The van der Waals surface area contributed by atoms with Gasteiger partial charge in [0.15, 0.2) is 11.5 Å². The molecule has 234 valence electrons. The van der Waals surface area contributed by atoms with E-state index >= 15 is 0 Å². The third kappa shape index (κ3) is 6.97. The Morgan fingerprint density at radius 2 is 1.52 bits per heavy atom. The molecule has 10 heteroatoms. The van der Waals surface area contributed by atoms with Crippen molar-refractivity contribution in [3.8, 4) is 11.5 Å². The summed E-state index contributed by atoms with van der Waals surface area (Å²) in [6.45, 7) is 3.77. The van der Waals surface area contributed by atoms with E-state index < -0.39 is 17.1 Å². The average Bonchev–Trinajstić information content (AvgIpc) is 3.33. The summed E-state index contributed by atoms with van der Waals surface area (Å²) in [6.07, 6.45) is 1.62. The van der Waals surface area contributed by atoms with Crippen LogP contribution in [0.15, 0.2) is 102 Å². The molecule has 0 saturated carbocycles. The minimum Gasteiger partial charge on any atom is -0.493 e. The number of carbonyl (C=O) groups excluding carboxylic acids is 4. The second-order valence-corrected chi connectivity index (χ2v) is 11.8. The molecule has 1 fully saturated rings. The molecule has 1 atom stereocenters. The monoisotopic (exact) mass is 635 g/mol. The van der Waals surface area contributed by atoms with Crippen LogP contribution in [0.1, 0.15) is 33.5 Å². The molecule has 9 nitrogen and oxygen atoms in total. The van der Waals surface area contributed by atoms with Crippen molar-refractivity contribution in [1.82, 2.24) is 5.32 Å². The van der Waals surface area contributed by atoms with Crippen LogP contribution in [0.5, 0.6) is 11.5 Å². The van der Waals surface area contributed by atoms with Crippen molar-refractivity contribution in [3.63, 3.8) is 0 Å². The zero-order chi connectivity index (χ0) is 32.8. The number of rotatable bonds is 10. The molecular formula is C36H33N3O6S. The lowest BCUT2D eigenvalue weighted by molar-refractivity contribution is -0.121. The SMILES string of the molecule is COc1cccc(/C=C(\NC(=O)c2ccccc2)C(=O)Nc2ccc(SC3CC(=O)N(c4c(C)cccc4C)C3=O)cc2)c1OC. The lowest BCUT2D eigenvalue weighted by Gasteiger charge is -2.19. The second kappa shape index (κ2) is 14.2. The first-order valence-corrected chi connectivity index (χ1v) is 15.4. The lowest BCUT2D eigenvalue weighted by atomic mass is 10.1. The molecule has 2 N–H and O–H groups in total. The zero-order valence-electron chi connectivity index (χ0n) is 25.8. The smallest absolute Gasteiger partial charge is 0.272 e. The Kier molecular flexibility index (Phi) is 9.88. The van der Waals surface area contributed by atoms with Gasteiger partial charge in [0.05, 0.1) is 25.2 Å². The summed E-state index contributed by atoms with van der Waals surface area (Å²) < 4.78 is 10.9. The van der Waals surface area contributed by atoms with Crippen molar-refractivity contribution >= 4 is 52.8 Å². The molecule has 0 aliphatic carbocycles. The molecule has 1 heterocycles.